The van der Waals surface area contributed by atoms with Crippen molar-refractivity contribution in [1.29, 1.82) is 0 Å². The van der Waals surface area contributed by atoms with Gasteiger partial charge >= 0.3 is 5.97 Å². The van der Waals surface area contributed by atoms with E-state index in [-0.39, 0.29) is 18.6 Å². The predicted molar refractivity (Wildman–Crippen MR) is 120 cm³/mol. The summed E-state index contributed by atoms with van der Waals surface area (Å²) in [7, 11) is 0. The quantitative estimate of drug-likeness (QED) is 0.472. The van der Waals surface area contributed by atoms with Crippen molar-refractivity contribution in [3.8, 4) is 0 Å². The molecule has 1 spiro atoms. The highest BCUT2D eigenvalue weighted by Gasteiger charge is 2.53. The molecule has 2 N–H and O–H groups in total. The molecule has 0 bridgehead atoms. The molecule has 1 aliphatic heterocycles. The fourth-order valence-electron chi connectivity index (χ4n) is 4.60. The summed E-state index contributed by atoms with van der Waals surface area (Å²) in [6.45, 7) is 0. The molecule has 33 heavy (non-hydrogen) atoms. The number of aromatic nitrogens is 1. The van der Waals surface area contributed by atoms with Gasteiger partial charge in [0.05, 0.1) is 5.56 Å². The van der Waals surface area contributed by atoms with Gasteiger partial charge in [0.15, 0.2) is 5.78 Å². The number of esters is 1. The number of carbonyl (C=O) groups excluding carboxylic acids is 3. The Morgan fingerprint density at radius 3 is 2.27 bits per heavy atom. The van der Waals surface area contributed by atoms with Crippen LogP contribution in [0.25, 0.3) is 0 Å². The van der Waals surface area contributed by atoms with E-state index >= 15 is 0 Å². The summed E-state index contributed by atoms with van der Waals surface area (Å²) in [6.07, 6.45) is 4.11. The van der Waals surface area contributed by atoms with Crippen molar-refractivity contribution < 1.29 is 24.2 Å². The largest absolute Gasteiger partial charge is 0.450 e. The van der Waals surface area contributed by atoms with Crippen LogP contribution < -0.4 is 5.32 Å². The normalized spacial score (nSPS) is 23.6. The van der Waals surface area contributed by atoms with Crippen molar-refractivity contribution in [1.82, 2.24) is 4.98 Å². The van der Waals surface area contributed by atoms with Gasteiger partial charge in [0.2, 0.25) is 0 Å². The molecule has 1 aromatic heterocycles. The highest BCUT2D eigenvalue weighted by molar-refractivity contribution is 6.09. The average molecular weight is 442 g/mol. The number of ketones is 1. The molecule has 166 valence electrons. The van der Waals surface area contributed by atoms with Gasteiger partial charge in [-0.1, -0.05) is 30.3 Å². The third-order valence-electron chi connectivity index (χ3n) is 6.57. The van der Waals surface area contributed by atoms with Crippen molar-refractivity contribution in [3.05, 3.63) is 95.3 Å². The van der Waals surface area contributed by atoms with E-state index in [0.717, 1.165) is 5.56 Å². The maximum Gasteiger partial charge on any atom is 0.339 e. The molecule has 0 atom stereocenters. The van der Waals surface area contributed by atoms with Crippen LogP contribution in [0.2, 0.25) is 0 Å². The van der Waals surface area contributed by atoms with Gasteiger partial charge in [-0.15, -0.1) is 0 Å². The molecule has 0 radical (unpaired) electrons. The van der Waals surface area contributed by atoms with E-state index in [4.69, 9.17) is 4.74 Å². The number of carbonyl (C=O) groups is 3. The van der Waals surface area contributed by atoms with Crippen LogP contribution in [0.15, 0.2) is 73.1 Å². The molecule has 2 aromatic carbocycles. The maximum atomic E-state index is 12.9. The second-order valence-electron chi connectivity index (χ2n) is 8.56. The molecule has 3 aromatic rings. The topological polar surface area (TPSA) is 106 Å². The number of amides is 1. The monoisotopic (exact) mass is 442 g/mol. The van der Waals surface area contributed by atoms with Gasteiger partial charge in [-0.05, 0) is 56.0 Å². The summed E-state index contributed by atoms with van der Waals surface area (Å²) in [5.41, 5.74) is 0.367. The van der Waals surface area contributed by atoms with Gasteiger partial charge in [0.1, 0.15) is 11.2 Å². The first-order valence-corrected chi connectivity index (χ1v) is 10.8. The van der Waals surface area contributed by atoms with Gasteiger partial charge in [0.25, 0.3) is 5.91 Å². The molecule has 1 amide bonds. The van der Waals surface area contributed by atoms with Crippen LogP contribution >= 0.6 is 0 Å². The highest BCUT2D eigenvalue weighted by Crippen LogP contribution is 2.49. The molecular weight excluding hydrogens is 420 g/mol. The standard InChI is InChI=1S/C26H22N2O5/c29-22(17-4-2-1-3-5-17)18-6-8-19(9-7-18)28-24(31)25(32)11-13-26(14-12-25)21-16-27-15-10-20(21)23(30)33-26/h1-10,15-16,32H,11-14H2,(H,28,31)/t25-,26+. The molecular formula is C26H22N2O5. The number of rotatable bonds is 4. The van der Waals surface area contributed by atoms with Gasteiger partial charge in [-0.2, -0.15) is 0 Å². The Hall–Kier alpha value is -3.84. The first-order valence-electron chi connectivity index (χ1n) is 10.8. The smallest absolute Gasteiger partial charge is 0.339 e. The first kappa shape index (κ1) is 21.0. The number of pyridine rings is 1. The van der Waals surface area contributed by atoms with Crippen LogP contribution in [0.4, 0.5) is 5.69 Å². The second-order valence-corrected chi connectivity index (χ2v) is 8.56. The first-order chi connectivity index (χ1) is 15.9. The van der Waals surface area contributed by atoms with E-state index in [1.54, 1.807) is 67.0 Å². The zero-order chi connectivity index (χ0) is 23.1. The van der Waals surface area contributed by atoms with Crippen LogP contribution in [-0.2, 0) is 15.1 Å². The van der Waals surface area contributed by atoms with Crippen LogP contribution in [0.1, 0.15) is 57.5 Å². The maximum absolute atomic E-state index is 12.9. The lowest BCUT2D eigenvalue weighted by Crippen LogP contribution is -2.49. The van der Waals surface area contributed by atoms with Crippen LogP contribution in [0.3, 0.4) is 0 Å². The van der Waals surface area contributed by atoms with Crippen LogP contribution in [-0.4, -0.2) is 33.4 Å². The summed E-state index contributed by atoms with van der Waals surface area (Å²) in [4.78, 5) is 41.8. The van der Waals surface area contributed by atoms with Crippen molar-refractivity contribution in [2.24, 2.45) is 0 Å². The van der Waals surface area contributed by atoms with E-state index < -0.39 is 23.1 Å². The number of nitrogens with one attached hydrogen (secondary N) is 1. The van der Waals surface area contributed by atoms with E-state index in [0.29, 0.717) is 35.2 Å². The number of benzene rings is 2. The number of nitrogens with zero attached hydrogens (tertiary/aromatic N) is 1. The Kier molecular flexibility index (Phi) is 5.06. The van der Waals surface area contributed by atoms with Crippen molar-refractivity contribution in [2.45, 2.75) is 36.9 Å². The lowest BCUT2D eigenvalue weighted by Gasteiger charge is -2.40. The molecule has 0 unspecified atom stereocenters. The fourth-order valence-corrected chi connectivity index (χ4v) is 4.60. The molecule has 2 heterocycles. The summed E-state index contributed by atoms with van der Waals surface area (Å²) in [6, 6.07) is 17.2. The zero-order valence-electron chi connectivity index (χ0n) is 17.8. The molecule has 2 aliphatic rings. The fraction of sp³-hybridized carbons (Fsp3) is 0.231. The number of fused-ring (bicyclic) bond motifs is 2. The molecule has 1 fully saturated rings. The van der Waals surface area contributed by atoms with Crippen LogP contribution in [0, 0.1) is 0 Å². The third-order valence-corrected chi connectivity index (χ3v) is 6.57. The van der Waals surface area contributed by atoms with Gasteiger partial charge < -0.3 is 15.2 Å². The van der Waals surface area contributed by atoms with Crippen LogP contribution in [0.5, 0.6) is 0 Å². The Balaban J connectivity index is 1.26. The minimum atomic E-state index is -1.58. The van der Waals surface area contributed by atoms with Crippen molar-refractivity contribution in [2.75, 3.05) is 5.32 Å². The molecule has 5 rings (SSSR count). The van der Waals surface area contributed by atoms with E-state index in [1.807, 2.05) is 6.07 Å². The second kappa shape index (κ2) is 7.94. The minimum Gasteiger partial charge on any atom is -0.450 e. The van der Waals surface area contributed by atoms with Crippen molar-refractivity contribution in [3.63, 3.8) is 0 Å². The van der Waals surface area contributed by atoms with Crippen molar-refractivity contribution >= 4 is 23.3 Å². The number of ether oxygens (including phenoxy) is 1. The van der Waals surface area contributed by atoms with E-state index in [2.05, 4.69) is 10.3 Å². The molecule has 7 heteroatoms. The molecule has 1 aliphatic carbocycles. The number of aliphatic hydroxyl groups is 1. The summed E-state index contributed by atoms with van der Waals surface area (Å²) in [5.74, 6) is -1.02. The highest BCUT2D eigenvalue weighted by atomic mass is 16.6. The summed E-state index contributed by atoms with van der Waals surface area (Å²) in [5, 5.41) is 13.8. The zero-order valence-corrected chi connectivity index (χ0v) is 17.8. The van der Waals surface area contributed by atoms with E-state index in [1.165, 1.54) is 0 Å². The Bertz CT molecular complexity index is 1230. The minimum absolute atomic E-state index is 0.106. The molecule has 0 saturated heterocycles. The van der Waals surface area contributed by atoms with Gasteiger partial charge in [-0.25, -0.2) is 4.79 Å². The molecule has 7 nitrogen and oxygen atoms in total. The van der Waals surface area contributed by atoms with E-state index in [9.17, 15) is 19.5 Å². The van der Waals surface area contributed by atoms with Gasteiger partial charge in [-0.3, -0.25) is 14.6 Å². The van der Waals surface area contributed by atoms with Gasteiger partial charge in [0, 0.05) is 34.8 Å². The lowest BCUT2D eigenvalue weighted by molar-refractivity contribution is -0.144. The number of anilines is 1. The summed E-state index contributed by atoms with van der Waals surface area (Å²) < 4.78 is 5.67. The summed E-state index contributed by atoms with van der Waals surface area (Å²) >= 11 is 0. The number of hydrogen-bond acceptors (Lipinski definition) is 6. The Labute approximate surface area is 190 Å². The average Bonchev–Trinajstić information content (AvgIpc) is 3.13. The SMILES string of the molecule is O=C(c1ccccc1)c1ccc(NC(=O)[C@]2(O)CC[C@]3(CC2)OC(=O)c2ccncc23)cc1. The lowest BCUT2D eigenvalue weighted by atomic mass is 9.73. The Morgan fingerprint density at radius 2 is 1.58 bits per heavy atom. The third kappa shape index (κ3) is 3.70. The number of hydrogen-bond donors (Lipinski definition) is 2. The molecule has 1 saturated carbocycles. The Morgan fingerprint density at radius 1 is 0.909 bits per heavy atom. The predicted octanol–water partition coefficient (Wildman–Crippen LogP) is 3.62.